The van der Waals surface area contributed by atoms with Crippen molar-refractivity contribution < 1.29 is 9.84 Å². The van der Waals surface area contributed by atoms with Gasteiger partial charge < -0.3 is 29.9 Å². The van der Waals surface area contributed by atoms with Crippen LogP contribution in [0.2, 0.25) is 0 Å². The molecular weight excluding hydrogens is 1140 g/mol. The molecular formula is C71H83N17O3. The normalized spacial score (nSPS) is 17.5. The van der Waals surface area contributed by atoms with Crippen LogP contribution < -0.4 is 20.9 Å². The summed E-state index contributed by atoms with van der Waals surface area (Å²) >= 11 is 0. The summed E-state index contributed by atoms with van der Waals surface area (Å²) in [6.45, 7) is 27.3. The van der Waals surface area contributed by atoms with Gasteiger partial charge in [0.2, 0.25) is 11.5 Å². The maximum Gasteiger partial charge on any atom is 0.258 e. The van der Waals surface area contributed by atoms with Crippen molar-refractivity contribution in [2.45, 2.75) is 155 Å². The summed E-state index contributed by atoms with van der Waals surface area (Å²) in [6, 6.07) is 33.4. The number of rotatable bonds is 10. The third-order valence-electron chi connectivity index (χ3n) is 17.7. The first kappa shape index (κ1) is 62.1. The topological polar surface area (TPSA) is 222 Å². The fourth-order valence-corrected chi connectivity index (χ4v) is 14.1. The number of nitrogens with zero attached hydrogens (tertiary/aromatic N) is 15. The summed E-state index contributed by atoms with van der Waals surface area (Å²) in [4.78, 5) is 26.2. The average Bonchev–Trinajstić information content (AvgIpc) is 1.89. The van der Waals surface area contributed by atoms with Crippen LogP contribution in [0.3, 0.4) is 0 Å². The zero-order chi connectivity index (χ0) is 64.0. The van der Waals surface area contributed by atoms with Gasteiger partial charge in [-0.05, 0) is 208 Å². The maximum absolute atomic E-state index is 13.0. The third kappa shape index (κ3) is 14.3. The van der Waals surface area contributed by atoms with Crippen molar-refractivity contribution in [1.29, 1.82) is 0 Å². The quantitative estimate of drug-likeness (QED) is 0.116. The molecule has 3 N–H and O–H groups in total. The summed E-state index contributed by atoms with van der Waals surface area (Å²) in [6.07, 6.45) is 17.4. The minimum atomic E-state index is -0.0147. The number of pyridine rings is 2. The largest absolute Gasteiger partial charge is 0.507 e. The summed E-state index contributed by atoms with van der Waals surface area (Å²) in [7, 11) is 2.02. The van der Waals surface area contributed by atoms with Crippen LogP contribution in [-0.2, 0) is 7.05 Å². The van der Waals surface area contributed by atoms with Crippen molar-refractivity contribution in [3.05, 3.63) is 167 Å². The fourth-order valence-electron chi connectivity index (χ4n) is 14.1. The Morgan fingerprint density at radius 1 is 0.615 bits per heavy atom. The van der Waals surface area contributed by atoms with Crippen LogP contribution in [0.25, 0.3) is 78.2 Å². The molecule has 0 spiro atoms. The zero-order valence-electron chi connectivity index (χ0n) is 54.3. The van der Waals surface area contributed by atoms with Crippen LogP contribution in [-0.4, -0.2) is 127 Å². The number of likely N-dealkylation sites (tertiary alicyclic amines) is 1. The monoisotopic (exact) mass is 1220 g/mol. The molecule has 20 heteroatoms. The second kappa shape index (κ2) is 24.9. The van der Waals surface area contributed by atoms with Gasteiger partial charge in [-0.1, -0.05) is 48.5 Å². The number of hydrogen-bond donors (Lipinski definition) is 3. The molecule has 3 aliphatic heterocycles. The van der Waals surface area contributed by atoms with E-state index >= 15 is 0 Å². The number of phenols is 1. The molecule has 0 atom stereocenters. The van der Waals surface area contributed by atoms with Crippen LogP contribution >= 0.6 is 0 Å². The van der Waals surface area contributed by atoms with E-state index in [2.05, 4.69) is 161 Å². The number of fused-ring (bicyclic) bond motifs is 3. The van der Waals surface area contributed by atoms with Crippen LogP contribution in [0, 0.1) is 13.8 Å². The molecule has 470 valence electrons. The third-order valence-corrected chi connectivity index (χ3v) is 17.7. The van der Waals surface area contributed by atoms with Crippen molar-refractivity contribution in [3.8, 4) is 62.2 Å². The predicted octanol–water partition coefficient (Wildman–Crippen LogP) is 12.2. The van der Waals surface area contributed by atoms with E-state index in [9.17, 15) is 9.90 Å². The molecule has 0 saturated carbocycles. The fraction of sp³-hybridized carbons (Fsp3) is 0.394. The molecule has 0 amide bonds. The number of nitrogens with one attached hydrogen (secondary N) is 2. The van der Waals surface area contributed by atoms with E-state index in [1.54, 1.807) is 39.9 Å². The Labute approximate surface area is 531 Å². The van der Waals surface area contributed by atoms with Gasteiger partial charge in [0.05, 0.1) is 41.2 Å². The molecule has 91 heavy (non-hydrogen) atoms. The van der Waals surface area contributed by atoms with Crippen LogP contribution in [0.1, 0.15) is 130 Å². The molecule has 0 aliphatic carbocycles. The first-order valence-electron chi connectivity index (χ1n) is 31.7. The lowest BCUT2D eigenvalue weighted by Crippen LogP contribution is -2.60. The molecule has 3 aromatic carbocycles. The summed E-state index contributed by atoms with van der Waals surface area (Å²) in [5, 5.41) is 55.0. The first-order chi connectivity index (χ1) is 43.4. The molecule has 14 rings (SSSR count). The van der Waals surface area contributed by atoms with E-state index in [1.165, 1.54) is 10.9 Å². The van der Waals surface area contributed by atoms with Gasteiger partial charge >= 0.3 is 0 Å². The highest BCUT2D eigenvalue weighted by Crippen LogP contribution is 2.38. The van der Waals surface area contributed by atoms with Crippen LogP contribution in [0.15, 0.2) is 145 Å². The SMILES string of the molecule is CC1(C)CC(n2nnc3cc(-c4ccc(-n5nccn5)cc4)nnc32)CC(C)(C)N1.CCN1CCC(c2cc(C)c3nc(-c4ccc5cn(C)cc5c4)cc(=O)n3c2)CC1.Cc1cc(-c2ccc(-c3ccc(OC4CC(C)(C)NC(C)(C)C4)nn3)c(O)c2)ccn1. The Bertz CT molecular complexity index is 4410. The van der Waals surface area contributed by atoms with Gasteiger partial charge in [-0.25, -0.2) is 9.67 Å². The molecule has 0 bridgehead atoms. The highest BCUT2D eigenvalue weighted by Gasteiger charge is 2.41. The molecule has 11 aromatic rings. The summed E-state index contributed by atoms with van der Waals surface area (Å²) in [5.74, 6) is 1.19. The van der Waals surface area contributed by atoms with Crippen LogP contribution in [0.5, 0.6) is 11.6 Å². The Balaban J connectivity index is 0.000000132. The Hall–Kier alpha value is -9.11. The van der Waals surface area contributed by atoms with Crippen LogP contribution in [0.4, 0.5) is 0 Å². The van der Waals surface area contributed by atoms with Gasteiger partial charge in [0.1, 0.15) is 23.0 Å². The second-order valence-electron chi connectivity index (χ2n) is 27.6. The number of benzene rings is 3. The lowest BCUT2D eigenvalue weighted by molar-refractivity contribution is 0.0524. The van der Waals surface area contributed by atoms with Crippen molar-refractivity contribution in [2.24, 2.45) is 7.05 Å². The van der Waals surface area contributed by atoms with E-state index < -0.39 is 0 Å². The molecule has 11 heterocycles. The van der Waals surface area contributed by atoms with E-state index in [0.717, 1.165) is 131 Å². The average molecular weight is 1220 g/mol. The van der Waals surface area contributed by atoms with Crippen molar-refractivity contribution in [1.82, 2.24) is 84.9 Å². The highest BCUT2D eigenvalue weighted by molar-refractivity contribution is 5.87. The van der Waals surface area contributed by atoms with E-state index in [4.69, 9.17) is 9.72 Å². The van der Waals surface area contributed by atoms with Gasteiger partial charge in [-0.3, -0.25) is 14.2 Å². The predicted molar refractivity (Wildman–Crippen MR) is 357 cm³/mol. The number of phenolic OH excluding ortho intramolecular Hbond substituents is 1. The van der Waals surface area contributed by atoms with Crippen molar-refractivity contribution in [2.75, 3.05) is 19.6 Å². The number of aromatic nitrogens is 14. The van der Waals surface area contributed by atoms with E-state index in [1.807, 2.05) is 102 Å². The number of ether oxygens (including phenoxy) is 1. The standard InChI is InChI=1S/C25H30N4O2.C25H28N4O.C21H25N9/c1-16-12-18(10-11-26-16)17-6-7-20(22(30)13-17)21-8-9-23(28-27-21)31-19-14-24(2,3)29-25(4,5)15-19;1-4-28-9-7-18(8-10-28)21-11-17(2)25-26-23(13-24(30)29(25)16-21)19-5-6-20-14-27(3)15-22(20)12-19;1-20(2)12-16(13-21(3,4)27-20)29-19-18(25-28-29)11-17(24-26-19)14-5-7-15(8-6-14)30-22-9-10-23-30/h6-13,19,29-30H,14-15H2,1-5H3;5-6,11-16,18H,4,7-10H2,1-3H3;5-11,16,27H,12-13H2,1-4H3. The lowest BCUT2D eigenvalue weighted by Gasteiger charge is -2.46. The molecule has 8 aromatic heterocycles. The van der Waals surface area contributed by atoms with Gasteiger partial charge in [-0.2, -0.15) is 15.0 Å². The summed E-state index contributed by atoms with van der Waals surface area (Å²) in [5.41, 5.74) is 13.0. The Morgan fingerprint density at radius 3 is 1.95 bits per heavy atom. The first-order valence-corrected chi connectivity index (χ1v) is 31.7. The maximum atomic E-state index is 13.0. The van der Waals surface area contributed by atoms with E-state index in [0.29, 0.717) is 23.1 Å². The van der Waals surface area contributed by atoms with Gasteiger partial charge in [0.25, 0.3) is 5.56 Å². The zero-order valence-corrected chi connectivity index (χ0v) is 54.3. The molecule has 0 radical (unpaired) electrons. The highest BCUT2D eigenvalue weighted by atomic mass is 16.5. The van der Waals surface area contributed by atoms with Gasteiger partial charge in [-0.15, -0.1) is 25.5 Å². The van der Waals surface area contributed by atoms with E-state index in [-0.39, 0.29) is 45.6 Å². The number of piperidine rings is 3. The number of aryl methyl sites for hydroxylation is 3. The van der Waals surface area contributed by atoms with Gasteiger partial charge in [0, 0.05) is 101 Å². The van der Waals surface area contributed by atoms with Gasteiger partial charge in [0.15, 0.2) is 0 Å². The minimum Gasteiger partial charge on any atom is -0.507 e. The molecule has 3 fully saturated rings. The number of aromatic hydroxyl groups is 1. The minimum absolute atomic E-state index is 0.000672. The molecule has 0 unspecified atom stereocenters. The molecule has 3 aliphatic rings. The van der Waals surface area contributed by atoms with Crippen molar-refractivity contribution in [3.63, 3.8) is 0 Å². The molecule has 20 nitrogen and oxygen atoms in total. The smallest absolute Gasteiger partial charge is 0.258 e. The number of hydrogen-bond acceptors (Lipinski definition) is 16. The lowest BCUT2D eigenvalue weighted by atomic mass is 9.79. The molecule has 3 saturated heterocycles. The Kier molecular flexibility index (Phi) is 17.0. The summed E-state index contributed by atoms with van der Waals surface area (Å²) < 4.78 is 11.9. The van der Waals surface area contributed by atoms with Crippen molar-refractivity contribution >= 4 is 27.6 Å². The Morgan fingerprint density at radius 2 is 1.27 bits per heavy atom. The second-order valence-corrected chi connectivity index (χ2v) is 27.6.